The highest BCUT2D eigenvalue weighted by Crippen LogP contribution is 2.16. The van der Waals surface area contributed by atoms with Gasteiger partial charge in [0, 0.05) is 18.6 Å². The van der Waals surface area contributed by atoms with E-state index in [1.807, 2.05) is 13.8 Å². The Bertz CT molecular complexity index is 359. The van der Waals surface area contributed by atoms with Crippen LogP contribution in [0.2, 0.25) is 5.28 Å². The molecule has 1 heterocycles. The first-order valence-electron chi connectivity index (χ1n) is 4.77. The third-order valence-electron chi connectivity index (χ3n) is 1.92. The maximum absolute atomic E-state index is 9.08. The monoisotopic (exact) mass is 246 g/mol. The van der Waals surface area contributed by atoms with Crippen LogP contribution in [0.25, 0.3) is 0 Å². The van der Waals surface area contributed by atoms with Gasteiger partial charge in [-0.2, -0.15) is 15.0 Å². The summed E-state index contributed by atoms with van der Waals surface area (Å²) >= 11 is 5.68. The van der Waals surface area contributed by atoms with E-state index in [-0.39, 0.29) is 23.3 Å². The number of hydrogen-bond acceptors (Lipinski definition) is 6. The normalized spacial score (nSPS) is 11.3. The van der Waals surface area contributed by atoms with Crippen LogP contribution >= 0.6 is 11.6 Å². The van der Waals surface area contributed by atoms with E-state index in [9.17, 15) is 0 Å². The zero-order valence-electron chi connectivity index (χ0n) is 9.49. The minimum atomic E-state index is -0.258. The van der Waals surface area contributed by atoms with E-state index in [1.54, 1.807) is 0 Å². The van der Waals surface area contributed by atoms with E-state index in [4.69, 9.17) is 21.4 Å². The average Bonchev–Trinajstić information content (AvgIpc) is 2.26. The fourth-order valence-electron chi connectivity index (χ4n) is 0.876. The third-order valence-corrected chi connectivity index (χ3v) is 2.09. The Morgan fingerprint density at radius 2 is 2.06 bits per heavy atom. The molecule has 0 radical (unpaired) electrons. The van der Waals surface area contributed by atoms with Crippen molar-refractivity contribution in [3.8, 4) is 6.01 Å². The molecule has 0 atom stereocenters. The molecule has 1 aromatic heterocycles. The summed E-state index contributed by atoms with van der Waals surface area (Å²) in [5.41, 5.74) is -0.258. The third kappa shape index (κ3) is 3.79. The molecule has 1 aromatic rings. The summed E-state index contributed by atoms with van der Waals surface area (Å²) in [6.07, 6.45) is 0. The Morgan fingerprint density at radius 1 is 1.38 bits per heavy atom. The van der Waals surface area contributed by atoms with E-state index in [1.165, 1.54) is 7.11 Å². The number of hydrogen-bond donors (Lipinski definition) is 2. The van der Waals surface area contributed by atoms with Crippen molar-refractivity contribution in [3.05, 3.63) is 5.28 Å². The van der Waals surface area contributed by atoms with Gasteiger partial charge in [0.05, 0.1) is 7.11 Å². The minimum Gasteiger partial charge on any atom is -0.467 e. The maximum atomic E-state index is 9.08. The Kier molecular flexibility index (Phi) is 4.26. The lowest BCUT2D eigenvalue weighted by molar-refractivity contribution is 0.170. The molecule has 2 N–H and O–H groups in total. The van der Waals surface area contributed by atoms with Gasteiger partial charge in [0.15, 0.2) is 0 Å². The fraction of sp³-hybridized carbons (Fsp3) is 0.667. The highest BCUT2D eigenvalue weighted by Gasteiger charge is 2.17. The number of nitrogens with one attached hydrogen (secondary N) is 1. The van der Waals surface area contributed by atoms with Gasteiger partial charge in [-0.25, -0.2) is 0 Å². The van der Waals surface area contributed by atoms with Crippen LogP contribution in [0, 0.1) is 5.41 Å². The molecule has 0 aliphatic rings. The zero-order valence-corrected chi connectivity index (χ0v) is 10.2. The smallest absolute Gasteiger partial charge is 0.322 e. The molecule has 6 nitrogen and oxygen atoms in total. The predicted molar refractivity (Wildman–Crippen MR) is 60.7 cm³/mol. The lowest BCUT2D eigenvalue weighted by Crippen LogP contribution is -2.27. The van der Waals surface area contributed by atoms with Crippen molar-refractivity contribution in [2.75, 3.05) is 25.6 Å². The minimum absolute atomic E-state index is 0.0654. The van der Waals surface area contributed by atoms with Crippen LogP contribution < -0.4 is 10.1 Å². The first-order valence-corrected chi connectivity index (χ1v) is 5.15. The lowest BCUT2D eigenvalue weighted by atomic mass is 9.95. The molecule has 1 rings (SSSR count). The second-order valence-corrected chi connectivity index (χ2v) is 4.43. The highest BCUT2D eigenvalue weighted by molar-refractivity contribution is 6.28. The Balaban J connectivity index is 2.70. The quantitative estimate of drug-likeness (QED) is 0.806. The van der Waals surface area contributed by atoms with Gasteiger partial charge < -0.3 is 15.2 Å². The van der Waals surface area contributed by atoms with Crippen LogP contribution in [0.15, 0.2) is 0 Å². The van der Waals surface area contributed by atoms with E-state index in [0.29, 0.717) is 12.5 Å². The molecule has 90 valence electrons. The number of aliphatic hydroxyl groups is 1. The van der Waals surface area contributed by atoms with Crippen LogP contribution in [-0.4, -0.2) is 40.3 Å². The summed E-state index contributed by atoms with van der Waals surface area (Å²) in [7, 11) is 1.45. The SMILES string of the molecule is COc1nc(Cl)nc(NCC(C)(C)CO)n1. The molecule has 16 heavy (non-hydrogen) atoms. The summed E-state index contributed by atoms with van der Waals surface area (Å²) in [5, 5.41) is 12.1. The summed E-state index contributed by atoms with van der Waals surface area (Å²) in [6.45, 7) is 4.42. The topological polar surface area (TPSA) is 80.2 Å². The van der Waals surface area contributed by atoms with Crippen molar-refractivity contribution in [2.45, 2.75) is 13.8 Å². The zero-order chi connectivity index (χ0) is 12.2. The van der Waals surface area contributed by atoms with Crippen molar-refractivity contribution in [3.63, 3.8) is 0 Å². The summed E-state index contributed by atoms with van der Waals surface area (Å²) < 4.78 is 4.86. The van der Waals surface area contributed by atoms with Crippen LogP contribution in [0.3, 0.4) is 0 Å². The van der Waals surface area contributed by atoms with Gasteiger partial charge in [-0.3, -0.25) is 0 Å². The Labute approximate surface area is 99.0 Å². The van der Waals surface area contributed by atoms with Crippen LogP contribution in [0.4, 0.5) is 5.95 Å². The van der Waals surface area contributed by atoms with Gasteiger partial charge in [-0.1, -0.05) is 13.8 Å². The average molecular weight is 247 g/mol. The Hall–Kier alpha value is -1.14. The van der Waals surface area contributed by atoms with E-state index < -0.39 is 0 Å². The largest absolute Gasteiger partial charge is 0.467 e. The van der Waals surface area contributed by atoms with Crippen molar-refractivity contribution in [1.82, 2.24) is 15.0 Å². The van der Waals surface area contributed by atoms with Crippen molar-refractivity contribution < 1.29 is 9.84 Å². The molecule has 0 bridgehead atoms. The molecule has 0 aliphatic heterocycles. The van der Waals surface area contributed by atoms with Gasteiger partial charge in [0.2, 0.25) is 11.2 Å². The number of anilines is 1. The van der Waals surface area contributed by atoms with Crippen LogP contribution in [0.5, 0.6) is 6.01 Å². The van der Waals surface area contributed by atoms with Gasteiger partial charge in [0.1, 0.15) is 0 Å². The van der Waals surface area contributed by atoms with Crippen LogP contribution in [0.1, 0.15) is 13.8 Å². The second kappa shape index (κ2) is 5.27. The van der Waals surface area contributed by atoms with Gasteiger partial charge in [0.25, 0.3) is 0 Å². The molecule has 0 aromatic carbocycles. The summed E-state index contributed by atoms with van der Waals surface area (Å²) in [6, 6.07) is 0.157. The van der Waals surface area contributed by atoms with E-state index >= 15 is 0 Å². The second-order valence-electron chi connectivity index (χ2n) is 4.09. The molecular weight excluding hydrogens is 232 g/mol. The standard InChI is InChI=1S/C9H15ClN4O2/c1-9(2,5-15)4-11-7-12-6(10)13-8(14-7)16-3/h15H,4-5H2,1-3H3,(H,11,12,13,14). The summed E-state index contributed by atoms with van der Waals surface area (Å²) in [5.74, 6) is 0.332. The van der Waals surface area contributed by atoms with E-state index in [2.05, 4.69) is 20.3 Å². The molecular formula is C9H15ClN4O2. The summed E-state index contributed by atoms with van der Waals surface area (Å²) in [4.78, 5) is 11.6. The first-order chi connectivity index (χ1) is 7.46. The molecule has 0 amide bonds. The van der Waals surface area contributed by atoms with Gasteiger partial charge in [-0.05, 0) is 11.6 Å². The number of aliphatic hydroxyl groups excluding tert-OH is 1. The number of nitrogens with zero attached hydrogens (tertiary/aromatic N) is 3. The molecule has 0 spiro atoms. The predicted octanol–water partition coefficient (Wildman–Crippen LogP) is 0.964. The van der Waals surface area contributed by atoms with Crippen molar-refractivity contribution in [1.29, 1.82) is 0 Å². The number of halogens is 1. The number of ether oxygens (including phenoxy) is 1. The maximum Gasteiger partial charge on any atom is 0.322 e. The molecule has 0 unspecified atom stereocenters. The lowest BCUT2D eigenvalue weighted by Gasteiger charge is -2.21. The fourth-order valence-corrected chi connectivity index (χ4v) is 1.03. The van der Waals surface area contributed by atoms with E-state index in [0.717, 1.165) is 0 Å². The molecule has 0 aliphatic carbocycles. The number of rotatable bonds is 5. The molecule has 0 saturated carbocycles. The molecule has 0 fully saturated rings. The van der Waals surface area contributed by atoms with Gasteiger partial charge >= 0.3 is 6.01 Å². The number of aromatic nitrogens is 3. The number of methoxy groups -OCH3 is 1. The van der Waals surface area contributed by atoms with Crippen molar-refractivity contribution in [2.24, 2.45) is 5.41 Å². The van der Waals surface area contributed by atoms with Crippen molar-refractivity contribution >= 4 is 17.5 Å². The molecule has 0 saturated heterocycles. The van der Waals surface area contributed by atoms with Gasteiger partial charge in [-0.15, -0.1) is 0 Å². The molecule has 7 heteroatoms. The highest BCUT2D eigenvalue weighted by atomic mass is 35.5. The first kappa shape index (κ1) is 12.9. The Morgan fingerprint density at radius 3 is 2.62 bits per heavy atom. The van der Waals surface area contributed by atoms with Crippen LogP contribution in [-0.2, 0) is 0 Å².